The van der Waals surface area contributed by atoms with Gasteiger partial charge in [-0.25, -0.2) is 4.39 Å². The number of hydrogen-bond acceptors (Lipinski definition) is 3. The summed E-state index contributed by atoms with van der Waals surface area (Å²) in [6, 6.07) is 4.90. The number of piperidine rings is 1. The van der Waals surface area contributed by atoms with Gasteiger partial charge in [0.1, 0.15) is 0 Å². The fourth-order valence-corrected chi connectivity index (χ4v) is 3.11. The second-order valence-electron chi connectivity index (χ2n) is 6.36. The van der Waals surface area contributed by atoms with Crippen molar-refractivity contribution < 1.29 is 13.9 Å². The fraction of sp³-hybridized carbons (Fsp3) is 0.611. The van der Waals surface area contributed by atoms with E-state index in [1.54, 1.807) is 6.07 Å². The average molecular weight is 322 g/mol. The lowest BCUT2D eigenvalue weighted by Crippen LogP contribution is -2.36. The van der Waals surface area contributed by atoms with E-state index in [9.17, 15) is 9.18 Å². The zero-order valence-electron chi connectivity index (χ0n) is 14.0. The van der Waals surface area contributed by atoms with Crippen LogP contribution in [0, 0.1) is 17.7 Å². The molecule has 5 heteroatoms. The normalized spacial score (nSPS) is 19.2. The highest BCUT2D eigenvalue weighted by Gasteiger charge is 2.21. The lowest BCUT2D eigenvalue weighted by atomic mass is 9.85. The van der Waals surface area contributed by atoms with Gasteiger partial charge in [0.25, 0.3) is 0 Å². The molecule has 2 rings (SSSR count). The van der Waals surface area contributed by atoms with Crippen molar-refractivity contribution in [1.82, 2.24) is 10.6 Å². The summed E-state index contributed by atoms with van der Waals surface area (Å²) in [4.78, 5) is 12.0. The number of nitrogens with one attached hydrogen (secondary N) is 2. The van der Waals surface area contributed by atoms with Gasteiger partial charge in [0.15, 0.2) is 11.6 Å². The number of halogens is 1. The minimum absolute atomic E-state index is 0.0806. The highest BCUT2D eigenvalue weighted by molar-refractivity contribution is 5.76. The first kappa shape index (κ1) is 17.7. The van der Waals surface area contributed by atoms with E-state index in [-0.39, 0.29) is 17.5 Å². The molecule has 2 N–H and O–H groups in total. The number of carbonyl (C=O) groups excluding carboxylic acids is 1. The number of carbonyl (C=O) groups is 1. The van der Waals surface area contributed by atoms with E-state index in [2.05, 4.69) is 17.6 Å². The molecule has 0 aromatic heterocycles. The van der Waals surface area contributed by atoms with Crippen LogP contribution < -0.4 is 15.4 Å². The van der Waals surface area contributed by atoms with Crippen LogP contribution in [0.1, 0.15) is 31.7 Å². The summed E-state index contributed by atoms with van der Waals surface area (Å²) in [5, 5.41) is 6.33. The Bertz CT molecular complexity index is 516. The minimum Gasteiger partial charge on any atom is -0.494 e. The maximum atomic E-state index is 13.6. The summed E-state index contributed by atoms with van der Waals surface area (Å²) in [5.41, 5.74) is 0.855. The van der Waals surface area contributed by atoms with Crippen LogP contribution in [0.25, 0.3) is 0 Å². The molecule has 2 atom stereocenters. The van der Waals surface area contributed by atoms with E-state index in [1.165, 1.54) is 26.0 Å². The van der Waals surface area contributed by atoms with Gasteiger partial charge in [-0.15, -0.1) is 0 Å². The van der Waals surface area contributed by atoms with Crippen molar-refractivity contribution >= 4 is 5.91 Å². The minimum atomic E-state index is -0.366. The summed E-state index contributed by atoms with van der Waals surface area (Å²) < 4.78 is 18.5. The van der Waals surface area contributed by atoms with Crippen molar-refractivity contribution in [3.63, 3.8) is 0 Å². The lowest BCUT2D eigenvalue weighted by molar-refractivity contribution is -0.122. The van der Waals surface area contributed by atoms with Gasteiger partial charge in [0.05, 0.1) is 7.11 Å². The molecule has 4 nitrogen and oxygen atoms in total. The van der Waals surface area contributed by atoms with Gasteiger partial charge in [-0.1, -0.05) is 13.0 Å². The molecule has 0 aliphatic carbocycles. The van der Waals surface area contributed by atoms with E-state index in [0.29, 0.717) is 31.2 Å². The molecule has 1 saturated heterocycles. The topological polar surface area (TPSA) is 50.4 Å². The molecule has 1 aliphatic heterocycles. The average Bonchev–Trinajstić information content (AvgIpc) is 2.56. The van der Waals surface area contributed by atoms with Crippen LogP contribution in [0.5, 0.6) is 5.75 Å². The van der Waals surface area contributed by atoms with Gasteiger partial charge in [0, 0.05) is 13.0 Å². The van der Waals surface area contributed by atoms with E-state index in [1.807, 2.05) is 6.07 Å². The molecule has 1 aromatic rings. The third-order valence-corrected chi connectivity index (χ3v) is 4.60. The molecular formula is C18H27FN2O2. The molecule has 1 amide bonds. The van der Waals surface area contributed by atoms with Crippen molar-refractivity contribution in [2.45, 2.75) is 32.6 Å². The summed E-state index contributed by atoms with van der Waals surface area (Å²) in [6.45, 7) is 4.78. The van der Waals surface area contributed by atoms with Gasteiger partial charge in [-0.3, -0.25) is 4.79 Å². The standard InChI is InChI=1S/C18H27FN2O2/c1-13(15-4-3-8-20-12-15)10-18(22)21-9-7-14-5-6-17(23-2)16(19)11-14/h5-6,11,13,15,20H,3-4,7-10,12H2,1-2H3,(H,21,22). The van der Waals surface area contributed by atoms with Crippen molar-refractivity contribution in [1.29, 1.82) is 0 Å². The number of rotatable bonds is 7. The molecule has 0 saturated carbocycles. The maximum absolute atomic E-state index is 13.6. The Morgan fingerprint density at radius 2 is 2.35 bits per heavy atom. The zero-order valence-corrected chi connectivity index (χ0v) is 14.0. The first-order valence-electron chi connectivity index (χ1n) is 8.40. The Kier molecular flexibility index (Phi) is 6.84. The molecular weight excluding hydrogens is 295 g/mol. The molecule has 1 aromatic carbocycles. The summed E-state index contributed by atoms with van der Waals surface area (Å²) >= 11 is 0. The summed E-state index contributed by atoms with van der Waals surface area (Å²) in [6.07, 6.45) is 3.57. The van der Waals surface area contributed by atoms with Gasteiger partial charge in [-0.2, -0.15) is 0 Å². The van der Waals surface area contributed by atoms with Gasteiger partial charge in [0.2, 0.25) is 5.91 Å². The molecule has 0 spiro atoms. The quantitative estimate of drug-likeness (QED) is 0.811. The molecule has 128 valence electrons. The van der Waals surface area contributed by atoms with E-state index >= 15 is 0 Å². The fourth-order valence-electron chi connectivity index (χ4n) is 3.11. The van der Waals surface area contributed by atoms with Crippen LogP contribution >= 0.6 is 0 Å². The third kappa shape index (κ3) is 5.50. The van der Waals surface area contributed by atoms with Crippen molar-refractivity contribution in [2.24, 2.45) is 11.8 Å². The van der Waals surface area contributed by atoms with Crippen molar-refractivity contribution in [3.05, 3.63) is 29.6 Å². The van der Waals surface area contributed by atoms with Crippen LogP contribution in [-0.2, 0) is 11.2 Å². The Hall–Kier alpha value is -1.62. The summed E-state index contributed by atoms with van der Waals surface area (Å²) in [7, 11) is 1.45. The number of ether oxygens (including phenoxy) is 1. The molecule has 0 bridgehead atoms. The molecule has 2 unspecified atom stereocenters. The van der Waals surface area contributed by atoms with E-state index < -0.39 is 0 Å². The second kappa shape index (κ2) is 8.87. The molecule has 1 heterocycles. The largest absolute Gasteiger partial charge is 0.494 e. The summed E-state index contributed by atoms with van der Waals surface area (Å²) in [5.74, 6) is 0.936. The van der Waals surface area contributed by atoms with Crippen molar-refractivity contribution in [3.8, 4) is 5.75 Å². The van der Waals surface area contributed by atoms with Gasteiger partial charge < -0.3 is 15.4 Å². The number of benzene rings is 1. The van der Waals surface area contributed by atoms with Crippen LogP contribution in [-0.4, -0.2) is 32.7 Å². The number of methoxy groups -OCH3 is 1. The first-order chi connectivity index (χ1) is 11.1. The molecule has 0 radical (unpaired) electrons. The Morgan fingerprint density at radius 1 is 1.52 bits per heavy atom. The van der Waals surface area contributed by atoms with E-state index in [0.717, 1.165) is 18.7 Å². The highest BCUT2D eigenvalue weighted by atomic mass is 19.1. The SMILES string of the molecule is COc1ccc(CCNC(=O)CC(C)C2CCCNC2)cc1F. The second-order valence-corrected chi connectivity index (χ2v) is 6.36. The third-order valence-electron chi connectivity index (χ3n) is 4.60. The van der Waals surface area contributed by atoms with Crippen LogP contribution in [0.4, 0.5) is 4.39 Å². The zero-order chi connectivity index (χ0) is 16.7. The smallest absolute Gasteiger partial charge is 0.220 e. The van der Waals surface area contributed by atoms with Gasteiger partial charge in [-0.05, 0) is 61.9 Å². The Balaban J connectivity index is 1.70. The maximum Gasteiger partial charge on any atom is 0.220 e. The van der Waals surface area contributed by atoms with Crippen LogP contribution in [0.2, 0.25) is 0 Å². The Labute approximate surface area is 137 Å². The predicted octanol–water partition coefficient (Wildman–Crippen LogP) is 2.52. The van der Waals surface area contributed by atoms with Crippen molar-refractivity contribution in [2.75, 3.05) is 26.7 Å². The van der Waals surface area contributed by atoms with E-state index in [4.69, 9.17) is 4.74 Å². The lowest BCUT2D eigenvalue weighted by Gasteiger charge is -2.28. The molecule has 1 aliphatic rings. The van der Waals surface area contributed by atoms with Crippen LogP contribution in [0.15, 0.2) is 18.2 Å². The molecule has 1 fully saturated rings. The monoisotopic (exact) mass is 322 g/mol. The highest BCUT2D eigenvalue weighted by Crippen LogP contribution is 2.22. The van der Waals surface area contributed by atoms with Crippen LogP contribution in [0.3, 0.4) is 0 Å². The predicted molar refractivity (Wildman–Crippen MR) is 89.0 cm³/mol. The number of hydrogen-bond donors (Lipinski definition) is 2. The van der Waals surface area contributed by atoms with Gasteiger partial charge >= 0.3 is 0 Å². The number of amides is 1. The first-order valence-corrected chi connectivity index (χ1v) is 8.40. The Morgan fingerprint density at radius 3 is 3.00 bits per heavy atom. The molecule has 23 heavy (non-hydrogen) atoms.